The van der Waals surface area contributed by atoms with Crippen molar-refractivity contribution in [3.05, 3.63) is 0 Å². The number of carbonyl (C=O) groups excluding carboxylic acids is 1. The second-order valence-electron chi connectivity index (χ2n) is 10.4. The molecule has 1 aliphatic rings. The third-order valence-electron chi connectivity index (χ3n) is 5.56. The van der Waals surface area contributed by atoms with Gasteiger partial charge >= 0.3 is 5.97 Å². The Morgan fingerprint density at radius 3 is 1.93 bits per heavy atom. The van der Waals surface area contributed by atoms with E-state index < -0.39 is 28.4 Å². The quantitative estimate of drug-likeness (QED) is 0.416. The molecule has 1 heterocycles. The highest BCUT2D eigenvalue weighted by Gasteiger charge is 2.59. The van der Waals surface area contributed by atoms with Gasteiger partial charge in [0.2, 0.25) is 5.91 Å². The second kappa shape index (κ2) is 8.78. The first kappa shape index (κ1) is 24.4. The summed E-state index contributed by atoms with van der Waals surface area (Å²) in [5, 5.41) is 9.67. The van der Waals surface area contributed by atoms with Crippen molar-refractivity contribution in [2.75, 3.05) is 0 Å². The topological polar surface area (TPSA) is 66.8 Å². The Kier molecular flexibility index (Phi) is 7.93. The van der Waals surface area contributed by atoms with Crippen LogP contribution in [-0.2, 0) is 14.0 Å². The molecule has 5 nitrogen and oxygen atoms in total. The number of rotatable bonds is 10. The number of carboxylic acid groups (broad SMARTS) is 1. The van der Waals surface area contributed by atoms with Crippen LogP contribution in [-0.4, -0.2) is 50.2 Å². The van der Waals surface area contributed by atoms with Crippen molar-refractivity contribution < 1.29 is 19.1 Å². The molecule has 27 heavy (non-hydrogen) atoms. The number of hydrogen-bond acceptors (Lipinski definition) is 3. The Morgan fingerprint density at radius 2 is 1.52 bits per heavy atom. The van der Waals surface area contributed by atoms with Gasteiger partial charge in [-0.1, -0.05) is 40.8 Å². The predicted molar refractivity (Wildman–Crippen MR) is 116 cm³/mol. The van der Waals surface area contributed by atoms with E-state index in [1.54, 1.807) is 6.92 Å². The maximum Gasteiger partial charge on any atom is 0.308 e. The van der Waals surface area contributed by atoms with E-state index in [0.29, 0.717) is 11.8 Å². The Hall–Kier alpha value is -0.666. The zero-order valence-electron chi connectivity index (χ0n) is 19.0. The fourth-order valence-corrected chi connectivity index (χ4v) is 12.4. The molecule has 1 rings (SSSR count). The van der Waals surface area contributed by atoms with Gasteiger partial charge in [0.1, 0.15) is 0 Å². The van der Waals surface area contributed by atoms with Crippen LogP contribution in [0, 0.1) is 23.7 Å². The summed E-state index contributed by atoms with van der Waals surface area (Å²) in [6.07, 6.45) is -0.232. The lowest BCUT2D eigenvalue weighted by Crippen LogP contribution is -2.75. The van der Waals surface area contributed by atoms with E-state index in [1.165, 1.54) is 0 Å². The summed E-state index contributed by atoms with van der Waals surface area (Å²) >= 11 is 0. The van der Waals surface area contributed by atoms with Crippen LogP contribution in [0.2, 0.25) is 38.3 Å². The number of carboxylic acids is 1. The first-order chi connectivity index (χ1) is 12.1. The van der Waals surface area contributed by atoms with Gasteiger partial charge in [-0.25, -0.2) is 0 Å². The molecular weight excluding hydrogens is 374 g/mol. The molecule has 0 aromatic rings. The summed E-state index contributed by atoms with van der Waals surface area (Å²) in [5.41, 5.74) is 0. The van der Waals surface area contributed by atoms with Crippen molar-refractivity contribution in [1.82, 2.24) is 4.57 Å². The smallest absolute Gasteiger partial charge is 0.308 e. The molecule has 0 aromatic carbocycles. The molecule has 7 heteroatoms. The normalized spacial score (nSPS) is 23.6. The largest absolute Gasteiger partial charge is 0.481 e. The number of nitrogens with zero attached hydrogens (tertiary/aromatic N) is 1. The molecule has 0 aliphatic carbocycles. The molecule has 4 atom stereocenters. The molecule has 0 spiro atoms. The van der Waals surface area contributed by atoms with Crippen LogP contribution in [0.1, 0.15) is 41.5 Å². The van der Waals surface area contributed by atoms with E-state index in [0.717, 1.165) is 12.1 Å². The maximum atomic E-state index is 13.2. The first-order valence-corrected chi connectivity index (χ1v) is 16.6. The van der Waals surface area contributed by atoms with Crippen molar-refractivity contribution in [2.24, 2.45) is 23.7 Å². The molecule has 1 aliphatic heterocycles. The van der Waals surface area contributed by atoms with Gasteiger partial charge in [0.05, 0.1) is 24.0 Å². The molecule has 1 N–H and O–H groups in total. The van der Waals surface area contributed by atoms with Gasteiger partial charge in [0, 0.05) is 0 Å². The van der Waals surface area contributed by atoms with Crippen molar-refractivity contribution in [1.29, 1.82) is 0 Å². The van der Waals surface area contributed by atoms with Crippen molar-refractivity contribution in [2.45, 2.75) is 92.0 Å². The lowest BCUT2D eigenvalue weighted by molar-refractivity contribution is -0.163. The SMILES string of the molecule is CC(C)C[Si](C)(C)OC(C)C1C(=O)N([Si](C)(C)CC(C)C)C1C(C)C(=O)O. The predicted octanol–water partition coefficient (Wildman–Crippen LogP) is 4.66. The van der Waals surface area contributed by atoms with E-state index in [4.69, 9.17) is 4.43 Å². The Labute approximate surface area is 168 Å². The minimum absolute atomic E-state index is 0.104. The first-order valence-electron chi connectivity index (χ1n) is 10.3. The minimum atomic E-state index is -2.01. The van der Waals surface area contributed by atoms with Gasteiger partial charge in [0.15, 0.2) is 16.6 Å². The Balaban J connectivity index is 3.09. The van der Waals surface area contributed by atoms with E-state index in [-0.39, 0.29) is 24.0 Å². The highest BCUT2D eigenvalue weighted by Crippen LogP contribution is 2.42. The third kappa shape index (κ3) is 5.90. The maximum absolute atomic E-state index is 13.2. The van der Waals surface area contributed by atoms with E-state index >= 15 is 0 Å². The molecule has 0 radical (unpaired) electrons. The lowest BCUT2D eigenvalue weighted by Gasteiger charge is -2.58. The summed E-state index contributed by atoms with van der Waals surface area (Å²) in [6, 6.07) is 1.76. The molecule has 1 saturated heterocycles. The highest BCUT2D eigenvalue weighted by atomic mass is 28.4. The Morgan fingerprint density at radius 1 is 1.04 bits per heavy atom. The number of β-lactam (4-membered cyclic amide) rings is 1. The van der Waals surface area contributed by atoms with Gasteiger partial charge in [-0.2, -0.15) is 0 Å². The lowest BCUT2D eigenvalue weighted by atomic mass is 9.79. The highest BCUT2D eigenvalue weighted by molar-refractivity contribution is 6.77. The van der Waals surface area contributed by atoms with Gasteiger partial charge in [0.25, 0.3) is 0 Å². The standard InChI is InChI=1S/C20H41NO4Si2/c1-13(2)11-26(7,8)21-18(15(5)20(23)24)17(19(21)22)16(6)25-27(9,10)12-14(3)4/h13-18H,11-12H2,1-10H3,(H,23,24). The zero-order chi connectivity index (χ0) is 21.3. The second-order valence-corrected chi connectivity index (χ2v) is 19.1. The van der Waals surface area contributed by atoms with Gasteiger partial charge in [-0.05, 0) is 50.9 Å². The molecule has 4 unspecified atom stereocenters. The molecule has 0 aromatic heterocycles. The van der Waals surface area contributed by atoms with Crippen molar-refractivity contribution in [3.8, 4) is 0 Å². The van der Waals surface area contributed by atoms with Crippen LogP contribution in [0.3, 0.4) is 0 Å². The van der Waals surface area contributed by atoms with Crippen molar-refractivity contribution >= 4 is 28.4 Å². The van der Waals surface area contributed by atoms with Crippen LogP contribution in [0.5, 0.6) is 0 Å². The van der Waals surface area contributed by atoms with Gasteiger partial charge in [-0.3, -0.25) is 9.59 Å². The summed E-state index contributed by atoms with van der Waals surface area (Å²) in [5.74, 6) is -0.597. The molecular formula is C20H41NO4Si2. The monoisotopic (exact) mass is 415 g/mol. The Bertz CT molecular complexity index is 548. The number of amides is 1. The third-order valence-corrected chi connectivity index (χ3v) is 12.0. The minimum Gasteiger partial charge on any atom is -0.481 e. The summed E-state index contributed by atoms with van der Waals surface area (Å²) in [7, 11) is -3.91. The van der Waals surface area contributed by atoms with E-state index in [1.807, 2.05) is 11.5 Å². The van der Waals surface area contributed by atoms with E-state index in [9.17, 15) is 14.7 Å². The van der Waals surface area contributed by atoms with Crippen LogP contribution in [0.15, 0.2) is 0 Å². The summed E-state index contributed by atoms with van der Waals surface area (Å²) in [4.78, 5) is 25.0. The number of hydrogen-bond donors (Lipinski definition) is 1. The van der Waals surface area contributed by atoms with Crippen LogP contribution < -0.4 is 0 Å². The fourth-order valence-electron chi connectivity index (χ4n) is 5.10. The van der Waals surface area contributed by atoms with Crippen LogP contribution in [0.25, 0.3) is 0 Å². The molecule has 0 saturated carbocycles. The van der Waals surface area contributed by atoms with Crippen molar-refractivity contribution in [3.63, 3.8) is 0 Å². The zero-order valence-corrected chi connectivity index (χ0v) is 21.0. The van der Waals surface area contributed by atoms with E-state index in [2.05, 4.69) is 53.9 Å². The summed E-state index contributed by atoms with van der Waals surface area (Å²) in [6.45, 7) is 21.2. The fraction of sp³-hybridized carbons (Fsp3) is 0.900. The molecule has 1 fully saturated rings. The molecule has 0 bridgehead atoms. The number of aliphatic carboxylic acids is 1. The number of carbonyl (C=O) groups is 2. The molecule has 1 amide bonds. The summed E-state index contributed by atoms with van der Waals surface area (Å²) < 4.78 is 8.40. The van der Waals surface area contributed by atoms with Crippen LogP contribution in [0.4, 0.5) is 0 Å². The molecule has 158 valence electrons. The average molecular weight is 416 g/mol. The van der Waals surface area contributed by atoms with Gasteiger partial charge in [-0.15, -0.1) is 0 Å². The van der Waals surface area contributed by atoms with Crippen LogP contribution >= 0.6 is 0 Å². The average Bonchev–Trinajstić information content (AvgIpc) is 2.39. The van der Waals surface area contributed by atoms with Gasteiger partial charge < -0.3 is 14.1 Å².